The number of nitrogens with one attached hydrogen (secondary N) is 1. The number of nitrogens with zero attached hydrogens (tertiary/aromatic N) is 3. The number of rotatable bonds is 7. The van der Waals surface area contributed by atoms with Crippen LogP contribution in [-0.4, -0.2) is 35.3 Å². The Hall–Kier alpha value is -2.92. The number of halogens is 4. The summed E-state index contributed by atoms with van der Waals surface area (Å²) < 4.78 is 82.5. The maximum Gasteiger partial charge on any atom is 0.416 e. The van der Waals surface area contributed by atoms with Crippen molar-refractivity contribution >= 4 is 15.7 Å². The summed E-state index contributed by atoms with van der Waals surface area (Å²) in [4.78, 5) is 9.02. The van der Waals surface area contributed by atoms with Crippen LogP contribution in [0.2, 0.25) is 0 Å². The van der Waals surface area contributed by atoms with Gasteiger partial charge in [0.1, 0.15) is 5.82 Å². The normalized spacial score (nSPS) is 19.5. The van der Waals surface area contributed by atoms with Crippen molar-refractivity contribution in [3.8, 4) is 0 Å². The predicted molar refractivity (Wildman–Crippen MR) is 135 cm³/mol. The van der Waals surface area contributed by atoms with Crippen molar-refractivity contribution in [2.24, 2.45) is 5.92 Å². The van der Waals surface area contributed by atoms with Gasteiger partial charge in [-0.1, -0.05) is 31.7 Å². The zero-order valence-corrected chi connectivity index (χ0v) is 21.6. The molecule has 1 aliphatic heterocycles. The molecule has 0 bridgehead atoms. The molecule has 1 atom stereocenters. The standard InChI is InChI=1S/C27H30F4N4O2S/c28-22-9-6-20-15-34(38(36,37)25-11-7-21(8-12-25)27(29,30)31)17-24(10-5-19-3-1-2-4-19)35(26(20)13-22)16-23-14-32-18-33-23/h6-9,11-14,18-19,24H,1-5,10,15-17H2,(H,32,33)/t24-/m1/s1. The van der Waals surface area contributed by atoms with Crippen LogP contribution in [0, 0.1) is 11.7 Å². The number of hydrogen-bond acceptors (Lipinski definition) is 4. The molecule has 38 heavy (non-hydrogen) atoms. The summed E-state index contributed by atoms with van der Waals surface area (Å²) in [6.07, 6.45) is 4.98. The molecule has 1 aromatic heterocycles. The Morgan fingerprint density at radius 3 is 2.42 bits per heavy atom. The number of H-pyrrole nitrogens is 1. The SMILES string of the molecule is O=S(=O)(c1ccc(C(F)(F)F)cc1)N1Cc2ccc(F)cc2N(Cc2cnc[nH]2)[C@H](CCC2CCCC2)C1. The van der Waals surface area contributed by atoms with E-state index in [0.29, 0.717) is 30.1 Å². The van der Waals surface area contributed by atoms with E-state index in [1.54, 1.807) is 18.6 Å². The molecule has 1 aliphatic carbocycles. The molecular formula is C27H30F4N4O2S. The largest absolute Gasteiger partial charge is 0.416 e. The highest BCUT2D eigenvalue weighted by molar-refractivity contribution is 7.89. The van der Waals surface area contributed by atoms with Crippen LogP contribution < -0.4 is 4.90 Å². The van der Waals surface area contributed by atoms with Gasteiger partial charge in [0.15, 0.2) is 0 Å². The lowest BCUT2D eigenvalue weighted by Crippen LogP contribution is -2.43. The van der Waals surface area contributed by atoms with Crippen LogP contribution in [0.1, 0.15) is 55.3 Å². The number of aromatic amines is 1. The molecular weight excluding hydrogens is 520 g/mol. The van der Waals surface area contributed by atoms with Gasteiger partial charge in [-0.15, -0.1) is 0 Å². The monoisotopic (exact) mass is 550 g/mol. The molecule has 204 valence electrons. The Morgan fingerprint density at radius 2 is 1.76 bits per heavy atom. The second-order valence-electron chi connectivity index (χ2n) is 10.2. The van der Waals surface area contributed by atoms with Crippen molar-refractivity contribution in [3.63, 3.8) is 0 Å². The van der Waals surface area contributed by atoms with Gasteiger partial charge < -0.3 is 9.88 Å². The third-order valence-electron chi connectivity index (χ3n) is 7.66. The number of aromatic nitrogens is 2. The van der Waals surface area contributed by atoms with E-state index in [-0.39, 0.29) is 24.0 Å². The summed E-state index contributed by atoms with van der Waals surface area (Å²) in [5.74, 6) is 0.145. The van der Waals surface area contributed by atoms with Crippen LogP contribution in [0.3, 0.4) is 0 Å². The first-order valence-corrected chi connectivity index (χ1v) is 14.2. The van der Waals surface area contributed by atoms with Gasteiger partial charge in [-0.25, -0.2) is 17.8 Å². The van der Waals surface area contributed by atoms with E-state index >= 15 is 0 Å². The van der Waals surface area contributed by atoms with Crippen molar-refractivity contribution in [3.05, 3.63) is 77.6 Å². The molecule has 2 heterocycles. The van der Waals surface area contributed by atoms with Crippen LogP contribution in [0.4, 0.5) is 23.2 Å². The smallest absolute Gasteiger partial charge is 0.361 e. The topological polar surface area (TPSA) is 69.3 Å². The average Bonchev–Trinajstić information content (AvgIpc) is 3.57. The molecule has 11 heteroatoms. The molecule has 5 rings (SSSR count). The van der Waals surface area contributed by atoms with Gasteiger partial charge >= 0.3 is 6.18 Å². The van der Waals surface area contributed by atoms with E-state index in [4.69, 9.17) is 0 Å². The first-order chi connectivity index (χ1) is 18.1. The number of sulfonamides is 1. The highest BCUT2D eigenvalue weighted by Crippen LogP contribution is 2.37. The van der Waals surface area contributed by atoms with Gasteiger partial charge in [-0.3, -0.25) is 0 Å². The Labute approximate surface area is 219 Å². The molecule has 1 N–H and O–H groups in total. The van der Waals surface area contributed by atoms with Gasteiger partial charge in [0.2, 0.25) is 10.0 Å². The highest BCUT2D eigenvalue weighted by atomic mass is 32.2. The van der Waals surface area contributed by atoms with E-state index in [1.807, 2.05) is 4.90 Å². The molecule has 0 spiro atoms. The minimum absolute atomic E-state index is 0.0155. The Morgan fingerprint density at radius 1 is 1.03 bits per heavy atom. The predicted octanol–water partition coefficient (Wildman–Crippen LogP) is 6.12. The quantitative estimate of drug-likeness (QED) is 0.360. The summed E-state index contributed by atoms with van der Waals surface area (Å²) in [6, 6.07) is 7.63. The second-order valence-corrected chi connectivity index (χ2v) is 12.1. The number of anilines is 1. The lowest BCUT2D eigenvalue weighted by atomic mass is 9.97. The zero-order chi connectivity index (χ0) is 26.9. The Kier molecular flexibility index (Phi) is 7.50. The molecule has 0 saturated heterocycles. The number of benzene rings is 2. The molecule has 6 nitrogen and oxygen atoms in total. The number of hydrogen-bond donors (Lipinski definition) is 1. The fourth-order valence-corrected chi connectivity index (χ4v) is 7.07. The molecule has 2 aliphatic rings. The Balaban J connectivity index is 1.52. The number of imidazole rings is 1. The third kappa shape index (κ3) is 5.73. The third-order valence-corrected chi connectivity index (χ3v) is 9.48. The van der Waals surface area contributed by atoms with E-state index in [2.05, 4.69) is 9.97 Å². The maximum absolute atomic E-state index is 14.5. The minimum atomic E-state index is -4.56. The fraction of sp³-hybridized carbons (Fsp3) is 0.444. The summed E-state index contributed by atoms with van der Waals surface area (Å²) in [6.45, 7) is 0.499. The van der Waals surface area contributed by atoms with Gasteiger partial charge in [-0.05, 0) is 60.7 Å². The van der Waals surface area contributed by atoms with Crippen LogP contribution >= 0.6 is 0 Å². The summed E-state index contributed by atoms with van der Waals surface area (Å²) in [7, 11) is -4.13. The maximum atomic E-state index is 14.5. The molecule has 0 unspecified atom stereocenters. The van der Waals surface area contributed by atoms with E-state index < -0.39 is 27.6 Å². The average molecular weight is 551 g/mol. The van der Waals surface area contributed by atoms with Gasteiger partial charge in [-0.2, -0.15) is 17.5 Å². The van der Waals surface area contributed by atoms with Crippen LogP contribution in [0.15, 0.2) is 59.9 Å². The van der Waals surface area contributed by atoms with Crippen LogP contribution in [0.5, 0.6) is 0 Å². The molecule has 0 radical (unpaired) electrons. The lowest BCUT2D eigenvalue weighted by molar-refractivity contribution is -0.137. The van der Waals surface area contributed by atoms with Crippen molar-refractivity contribution in [1.82, 2.24) is 14.3 Å². The molecule has 1 fully saturated rings. The molecule has 2 aromatic carbocycles. The first kappa shape index (κ1) is 26.7. The van der Waals surface area contributed by atoms with Crippen LogP contribution in [-0.2, 0) is 29.3 Å². The van der Waals surface area contributed by atoms with E-state index in [0.717, 1.165) is 49.2 Å². The number of fused-ring (bicyclic) bond motifs is 1. The fourth-order valence-electron chi connectivity index (χ4n) is 5.61. The first-order valence-electron chi connectivity index (χ1n) is 12.8. The lowest BCUT2D eigenvalue weighted by Gasteiger charge is -2.34. The molecule has 0 amide bonds. The van der Waals surface area contributed by atoms with Gasteiger partial charge in [0, 0.05) is 31.0 Å². The van der Waals surface area contributed by atoms with Crippen molar-refractivity contribution in [1.29, 1.82) is 0 Å². The van der Waals surface area contributed by atoms with E-state index in [1.165, 1.54) is 29.3 Å². The van der Waals surface area contributed by atoms with Crippen molar-refractivity contribution in [2.75, 3.05) is 11.4 Å². The summed E-state index contributed by atoms with van der Waals surface area (Å²) >= 11 is 0. The number of alkyl halides is 3. The molecule has 3 aromatic rings. The minimum Gasteiger partial charge on any atom is -0.361 e. The van der Waals surface area contributed by atoms with Crippen molar-refractivity contribution < 1.29 is 26.0 Å². The van der Waals surface area contributed by atoms with E-state index in [9.17, 15) is 26.0 Å². The summed E-state index contributed by atoms with van der Waals surface area (Å²) in [5.41, 5.74) is 1.14. The summed E-state index contributed by atoms with van der Waals surface area (Å²) in [5, 5.41) is 0. The Bertz CT molecular complexity index is 1340. The van der Waals surface area contributed by atoms with Crippen LogP contribution in [0.25, 0.3) is 0 Å². The second kappa shape index (κ2) is 10.7. The van der Waals surface area contributed by atoms with Gasteiger partial charge in [0.25, 0.3) is 0 Å². The van der Waals surface area contributed by atoms with Crippen molar-refractivity contribution in [2.45, 2.75) is 68.7 Å². The zero-order valence-electron chi connectivity index (χ0n) is 20.8. The van der Waals surface area contributed by atoms with Gasteiger partial charge in [0.05, 0.1) is 29.0 Å². The highest BCUT2D eigenvalue weighted by Gasteiger charge is 2.36. The molecule has 1 saturated carbocycles.